The Hall–Kier alpha value is -1.60. The average Bonchev–Trinajstić information content (AvgIpc) is 3.03. The van der Waals surface area contributed by atoms with E-state index in [2.05, 4.69) is 10.6 Å². The minimum absolute atomic E-state index is 0.217. The van der Waals surface area contributed by atoms with Crippen molar-refractivity contribution < 1.29 is 19.4 Å². The summed E-state index contributed by atoms with van der Waals surface area (Å²) in [6, 6.07) is 3.73. The van der Waals surface area contributed by atoms with E-state index >= 15 is 0 Å². The number of carbonyl (C=O) groups is 2. The first-order chi connectivity index (χ1) is 9.54. The number of nitrogens with one attached hydrogen (secondary N) is 2. The fourth-order valence-corrected chi connectivity index (χ4v) is 2.88. The van der Waals surface area contributed by atoms with Crippen molar-refractivity contribution in [2.75, 3.05) is 6.54 Å². The largest absolute Gasteiger partial charge is 0.479 e. The highest BCUT2D eigenvalue weighted by atomic mass is 32.1. The van der Waals surface area contributed by atoms with Gasteiger partial charge in [0.2, 0.25) is 0 Å². The fourth-order valence-electron chi connectivity index (χ4n) is 2.05. The first kappa shape index (κ1) is 14.8. The van der Waals surface area contributed by atoms with Crippen LogP contribution in [0.25, 0.3) is 0 Å². The van der Waals surface area contributed by atoms with Gasteiger partial charge in [0.1, 0.15) is 0 Å². The maximum Gasteiger partial charge on any atom is 0.332 e. The van der Waals surface area contributed by atoms with E-state index in [1.54, 1.807) is 11.3 Å². The Morgan fingerprint density at radius 2 is 2.20 bits per heavy atom. The summed E-state index contributed by atoms with van der Waals surface area (Å²) in [6.45, 7) is 2.84. The summed E-state index contributed by atoms with van der Waals surface area (Å²) in [4.78, 5) is 24.6. The van der Waals surface area contributed by atoms with Crippen molar-refractivity contribution in [1.82, 2.24) is 10.6 Å². The van der Waals surface area contributed by atoms with E-state index in [0.29, 0.717) is 25.9 Å². The molecule has 2 amide bonds. The van der Waals surface area contributed by atoms with Crippen molar-refractivity contribution in [3.63, 3.8) is 0 Å². The number of hydrogen-bond acceptors (Lipinski definition) is 4. The normalized spacial score (nSPS) is 21.6. The lowest BCUT2D eigenvalue weighted by molar-refractivity contribution is -0.149. The summed E-state index contributed by atoms with van der Waals surface area (Å²) >= 11 is 1.64. The van der Waals surface area contributed by atoms with Crippen LogP contribution in [0.4, 0.5) is 4.79 Å². The first-order valence-electron chi connectivity index (χ1n) is 6.50. The molecule has 2 heterocycles. The summed E-state index contributed by atoms with van der Waals surface area (Å²) < 4.78 is 5.30. The highest BCUT2D eigenvalue weighted by molar-refractivity contribution is 7.11. The molecular formula is C13H18N2O4S. The average molecular weight is 298 g/mol. The second-order valence-electron chi connectivity index (χ2n) is 4.74. The van der Waals surface area contributed by atoms with Crippen molar-refractivity contribution in [3.8, 4) is 0 Å². The SMILES string of the molecule is Cc1ccc(CNC(=O)NCC2CCC(C(=O)O)O2)s1. The van der Waals surface area contributed by atoms with Crippen LogP contribution in [0.15, 0.2) is 12.1 Å². The van der Waals surface area contributed by atoms with E-state index in [-0.39, 0.29) is 12.1 Å². The molecular weight excluding hydrogens is 280 g/mol. The summed E-state index contributed by atoms with van der Waals surface area (Å²) in [5.74, 6) is -0.940. The van der Waals surface area contributed by atoms with E-state index in [0.717, 1.165) is 4.88 Å². The number of rotatable bonds is 5. The minimum Gasteiger partial charge on any atom is -0.479 e. The van der Waals surface area contributed by atoms with Crippen LogP contribution in [-0.4, -0.2) is 35.9 Å². The first-order valence-corrected chi connectivity index (χ1v) is 7.31. The third-order valence-corrected chi connectivity index (χ3v) is 4.09. The highest BCUT2D eigenvalue weighted by Crippen LogP contribution is 2.19. The second kappa shape index (κ2) is 6.71. The van der Waals surface area contributed by atoms with Gasteiger partial charge in [0.05, 0.1) is 12.6 Å². The van der Waals surface area contributed by atoms with Crippen molar-refractivity contribution in [2.24, 2.45) is 0 Å². The molecule has 1 aliphatic rings. The molecule has 110 valence electrons. The molecule has 0 radical (unpaired) electrons. The molecule has 0 bridgehead atoms. The fraction of sp³-hybridized carbons (Fsp3) is 0.538. The van der Waals surface area contributed by atoms with Crippen molar-refractivity contribution in [1.29, 1.82) is 0 Å². The minimum atomic E-state index is -0.940. The van der Waals surface area contributed by atoms with Gasteiger partial charge in [0.15, 0.2) is 6.10 Å². The van der Waals surface area contributed by atoms with Gasteiger partial charge in [0, 0.05) is 16.3 Å². The molecule has 0 aromatic carbocycles. The van der Waals surface area contributed by atoms with E-state index < -0.39 is 12.1 Å². The van der Waals surface area contributed by atoms with Crippen molar-refractivity contribution in [3.05, 3.63) is 21.9 Å². The van der Waals surface area contributed by atoms with Crippen LogP contribution < -0.4 is 10.6 Å². The Bertz CT molecular complexity index is 488. The van der Waals surface area contributed by atoms with Gasteiger partial charge >= 0.3 is 12.0 Å². The molecule has 0 spiro atoms. The Balaban J connectivity index is 1.64. The quantitative estimate of drug-likeness (QED) is 0.768. The Kier molecular flexibility index (Phi) is 4.97. The predicted molar refractivity (Wildman–Crippen MR) is 74.8 cm³/mol. The van der Waals surface area contributed by atoms with Gasteiger partial charge < -0.3 is 20.5 Å². The molecule has 0 aliphatic carbocycles. The number of thiophene rings is 1. The molecule has 20 heavy (non-hydrogen) atoms. The molecule has 3 N–H and O–H groups in total. The van der Waals surface area contributed by atoms with Gasteiger partial charge in [-0.1, -0.05) is 0 Å². The summed E-state index contributed by atoms with van der Waals surface area (Å²) in [6.07, 6.45) is 0.198. The van der Waals surface area contributed by atoms with Crippen LogP contribution in [0.3, 0.4) is 0 Å². The molecule has 2 unspecified atom stereocenters. The van der Waals surface area contributed by atoms with Crippen molar-refractivity contribution in [2.45, 2.75) is 38.5 Å². The number of urea groups is 1. The van der Waals surface area contributed by atoms with Gasteiger partial charge in [0.25, 0.3) is 0 Å². The zero-order valence-corrected chi connectivity index (χ0v) is 12.0. The van der Waals surface area contributed by atoms with Gasteiger partial charge in [-0.2, -0.15) is 0 Å². The van der Waals surface area contributed by atoms with Crippen LogP contribution in [0.2, 0.25) is 0 Å². The lowest BCUT2D eigenvalue weighted by Gasteiger charge is -2.12. The van der Waals surface area contributed by atoms with Crippen LogP contribution in [-0.2, 0) is 16.1 Å². The summed E-state index contributed by atoms with van der Waals surface area (Å²) in [5.41, 5.74) is 0. The van der Waals surface area contributed by atoms with Gasteiger partial charge in [-0.3, -0.25) is 0 Å². The van der Waals surface area contributed by atoms with E-state index in [1.165, 1.54) is 4.88 Å². The number of amides is 2. The lowest BCUT2D eigenvalue weighted by atomic mass is 10.2. The number of aliphatic carboxylic acids is 1. The zero-order chi connectivity index (χ0) is 14.5. The molecule has 1 aromatic heterocycles. The monoisotopic (exact) mass is 298 g/mol. The standard InChI is InChI=1S/C13H18N2O4S/c1-8-2-4-10(20-8)7-15-13(18)14-6-9-3-5-11(19-9)12(16)17/h2,4,9,11H,3,5-7H2,1H3,(H,16,17)(H2,14,15,18). The van der Waals surface area contributed by atoms with Crippen LogP contribution in [0, 0.1) is 6.92 Å². The zero-order valence-electron chi connectivity index (χ0n) is 11.2. The topological polar surface area (TPSA) is 87.7 Å². The summed E-state index contributed by atoms with van der Waals surface area (Å²) in [5, 5.41) is 14.3. The van der Waals surface area contributed by atoms with E-state index in [9.17, 15) is 9.59 Å². The molecule has 1 aliphatic heterocycles. The van der Waals surface area contributed by atoms with E-state index in [1.807, 2.05) is 19.1 Å². The molecule has 1 saturated heterocycles. The van der Waals surface area contributed by atoms with Gasteiger partial charge in [-0.05, 0) is 31.9 Å². The Labute approximate surface area is 121 Å². The van der Waals surface area contributed by atoms with E-state index in [4.69, 9.17) is 9.84 Å². The van der Waals surface area contributed by atoms with Crippen LogP contribution in [0.1, 0.15) is 22.6 Å². The molecule has 0 saturated carbocycles. The number of hydrogen-bond donors (Lipinski definition) is 3. The molecule has 1 aromatic rings. The Morgan fingerprint density at radius 3 is 2.80 bits per heavy atom. The predicted octanol–water partition coefficient (Wildman–Crippen LogP) is 1.49. The molecule has 7 heteroatoms. The number of ether oxygens (including phenoxy) is 1. The maximum atomic E-state index is 11.6. The van der Waals surface area contributed by atoms with Gasteiger partial charge in [-0.15, -0.1) is 11.3 Å². The summed E-state index contributed by atoms with van der Waals surface area (Å²) in [7, 11) is 0. The van der Waals surface area contributed by atoms with Crippen LogP contribution >= 0.6 is 11.3 Å². The third-order valence-electron chi connectivity index (χ3n) is 3.09. The van der Waals surface area contributed by atoms with Crippen molar-refractivity contribution >= 4 is 23.3 Å². The third kappa shape index (κ3) is 4.21. The second-order valence-corrected chi connectivity index (χ2v) is 6.11. The highest BCUT2D eigenvalue weighted by Gasteiger charge is 2.30. The number of carboxylic acids is 1. The molecule has 2 atom stereocenters. The number of aryl methyl sites for hydroxylation is 1. The molecule has 6 nitrogen and oxygen atoms in total. The smallest absolute Gasteiger partial charge is 0.332 e. The number of carboxylic acid groups (broad SMARTS) is 1. The lowest BCUT2D eigenvalue weighted by Crippen LogP contribution is -2.39. The van der Waals surface area contributed by atoms with Gasteiger partial charge in [-0.25, -0.2) is 9.59 Å². The number of carbonyl (C=O) groups excluding carboxylic acids is 1. The Morgan fingerprint density at radius 1 is 1.40 bits per heavy atom. The maximum absolute atomic E-state index is 11.6. The molecule has 1 fully saturated rings. The van der Waals surface area contributed by atoms with Crippen LogP contribution in [0.5, 0.6) is 0 Å². The molecule has 2 rings (SSSR count).